The third kappa shape index (κ3) is 4.16. The van der Waals surface area contributed by atoms with Crippen molar-refractivity contribution < 1.29 is 5.11 Å². The highest BCUT2D eigenvalue weighted by Gasteiger charge is 2.09. The van der Waals surface area contributed by atoms with Gasteiger partial charge >= 0.3 is 0 Å². The van der Waals surface area contributed by atoms with Crippen molar-refractivity contribution in [1.29, 1.82) is 0 Å². The monoisotopic (exact) mass is 223 g/mol. The smallest absolute Gasteiger partial charge is 0.123 e. The van der Waals surface area contributed by atoms with E-state index in [2.05, 4.69) is 23.7 Å². The summed E-state index contributed by atoms with van der Waals surface area (Å²) in [5, 5.41) is 8.85. The van der Waals surface area contributed by atoms with E-state index in [-0.39, 0.29) is 6.61 Å². The van der Waals surface area contributed by atoms with Crippen molar-refractivity contribution in [2.24, 2.45) is 0 Å². The number of aliphatic hydroxyl groups excluding tert-OH is 1. The van der Waals surface area contributed by atoms with Gasteiger partial charge in [-0.15, -0.1) is 0 Å². The van der Waals surface area contributed by atoms with E-state index in [0.717, 1.165) is 19.5 Å². The molecular weight excluding hydrogens is 202 g/mol. The fourth-order valence-electron chi connectivity index (χ4n) is 1.62. The number of nitrogen functional groups attached to an aromatic ring is 1. The second-order valence-corrected chi connectivity index (χ2v) is 4.23. The number of hydrogen-bond donors (Lipinski definition) is 2. The van der Waals surface area contributed by atoms with Crippen LogP contribution in [0.15, 0.2) is 18.3 Å². The first-order valence-corrected chi connectivity index (χ1v) is 5.68. The summed E-state index contributed by atoms with van der Waals surface area (Å²) >= 11 is 0. The summed E-state index contributed by atoms with van der Waals surface area (Å²) in [6, 6.07) is 4.33. The molecule has 0 aliphatic heterocycles. The first-order chi connectivity index (χ1) is 7.63. The summed E-state index contributed by atoms with van der Waals surface area (Å²) in [7, 11) is 0. The molecule has 16 heavy (non-hydrogen) atoms. The zero-order chi connectivity index (χ0) is 12.0. The van der Waals surface area contributed by atoms with E-state index >= 15 is 0 Å². The van der Waals surface area contributed by atoms with Gasteiger partial charge in [-0.05, 0) is 38.0 Å². The molecule has 4 heteroatoms. The van der Waals surface area contributed by atoms with E-state index in [1.54, 1.807) is 6.20 Å². The number of aromatic nitrogens is 1. The van der Waals surface area contributed by atoms with Gasteiger partial charge in [0, 0.05) is 31.9 Å². The lowest BCUT2D eigenvalue weighted by Crippen LogP contribution is -2.31. The first-order valence-electron chi connectivity index (χ1n) is 5.68. The molecule has 0 fully saturated rings. The lowest BCUT2D eigenvalue weighted by atomic mass is 10.2. The predicted molar refractivity (Wildman–Crippen MR) is 65.9 cm³/mol. The Balaban J connectivity index is 2.60. The van der Waals surface area contributed by atoms with Crippen LogP contribution >= 0.6 is 0 Å². The SMILES string of the molecule is CC(C)N(CCCO)Cc1ccnc(N)c1. The molecule has 0 radical (unpaired) electrons. The molecule has 4 nitrogen and oxygen atoms in total. The number of nitrogens with two attached hydrogens (primary N) is 1. The molecule has 0 aromatic carbocycles. The minimum atomic E-state index is 0.238. The molecule has 1 aromatic rings. The highest BCUT2D eigenvalue weighted by molar-refractivity contribution is 5.31. The molecule has 0 amide bonds. The second-order valence-electron chi connectivity index (χ2n) is 4.23. The molecule has 3 N–H and O–H groups in total. The number of nitrogens with zero attached hydrogens (tertiary/aromatic N) is 2. The minimum absolute atomic E-state index is 0.238. The normalized spacial score (nSPS) is 11.3. The van der Waals surface area contributed by atoms with Crippen LogP contribution in [-0.4, -0.2) is 34.2 Å². The van der Waals surface area contributed by atoms with Crippen molar-refractivity contribution in [3.05, 3.63) is 23.9 Å². The molecule has 1 heterocycles. The van der Waals surface area contributed by atoms with E-state index in [0.29, 0.717) is 11.9 Å². The Morgan fingerprint density at radius 2 is 2.25 bits per heavy atom. The van der Waals surface area contributed by atoms with Crippen molar-refractivity contribution in [3.63, 3.8) is 0 Å². The van der Waals surface area contributed by atoms with Crippen molar-refractivity contribution in [3.8, 4) is 0 Å². The van der Waals surface area contributed by atoms with E-state index in [1.807, 2.05) is 12.1 Å². The summed E-state index contributed by atoms with van der Waals surface area (Å²) in [5.41, 5.74) is 6.81. The number of aliphatic hydroxyl groups is 1. The molecule has 1 aromatic heterocycles. The minimum Gasteiger partial charge on any atom is -0.396 e. The van der Waals surface area contributed by atoms with Gasteiger partial charge in [0.25, 0.3) is 0 Å². The molecular formula is C12H21N3O. The van der Waals surface area contributed by atoms with Gasteiger partial charge in [0.1, 0.15) is 5.82 Å². The maximum atomic E-state index is 8.85. The molecule has 1 rings (SSSR count). The highest BCUT2D eigenvalue weighted by atomic mass is 16.3. The van der Waals surface area contributed by atoms with Crippen molar-refractivity contribution >= 4 is 5.82 Å². The van der Waals surface area contributed by atoms with Gasteiger partial charge in [0.15, 0.2) is 0 Å². The van der Waals surface area contributed by atoms with Crippen LogP contribution in [0.3, 0.4) is 0 Å². The van der Waals surface area contributed by atoms with E-state index < -0.39 is 0 Å². The number of anilines is 1. The molecule has 0 atom stereocenters. The number of hydrogen-bond acceptors (Lipinski definition) is 4. The average molecular weight is 223 g/mol. The van der Waals surface area contributed by atoms with Crippen LogP contribution in [0.25, 0.3) is 0 Å². The van der Waals surface area contributed by atoms with Crippen LogP contribution < -0.4 is 5.73 Å². The third-order valence-corrected chi connectivity index (χ3v) is 2.56. The average Bonchev–Trinajstić information content (AvgIpc) is 2.24. The van der Waals surface area contributed by atoms with Gasteiger partial charge in [0.05, 0.1) is 0 Å². The first kappa shape index (κ1) is 12.9. The molecule has 90 valence electrons. The zero-order valence-corrected chi connectivity index (χ0v) is 10.1. The maximum absolute atomic E-state index is 8.85. The van der Waals surface area contributed by atoms with Gasteiger partial charge in [-0.2, -0.15) is 0 Å². The standard InChI is InChI=1S/C12H21N3O/c1-10(2)15(6-3-7-16)9-11-4-5-14-12(13)8-11/h4-5,8,10,16H,3,6-7,9H2,1-2H3,(H2,13,14). The predicted octanol–water partition coefficient (Wildman–Crippen LogP) is 1.26. The maximum Gasteiger partial charge on any atom is 0.123 e. The van der Waals surface area contributed by atoms with Crippen molar-refractivity contribution in [2.75, 3.05) is 18.9 Å². The molecule has 0 aliphatic rings. The summed E-state index contributed by atoms with van der Waals surface area (Å²) in [5.74, 6) is 0.559. The van der Waals surface area contributed by atoms with Gasteiger partial charge in [-0.3, -0.25) is 4.90 Å². The molecule has 0 spiro atoms. The Morgan fingerprint density at radius 3 is 2.81 bits per heavy atom. The Bertz CT molecular complexity index is 315. The fourth-order valence-corrected chi connectivity index (χ4v) is 1.62. The summed E-state index contributed by atoms with van der Waals surface area (Å²) in [6.45, 7) is 6.30. The van der Waals surface area contributed by atoms with Gasteiger partial charge in [-0.1, -0.05) is 0 Å². The fraction of sp³-hybridized carbons (Fsp3) is 0.583. The Hall–Kier alpha value is -1.13. The molecule has 0 saturated heterocycles. The van der Waals surface area contributed by atoms with Crippen molar-refractivity contribution in [1.82, 2.24) is 9.88 Å². The Kier molecular flexibility index (Phi) is 5.22. The third-order valence-electron chi connectivity index (χ3n) is 2.56. The topological polar surface area (TPSA) is 62.4 Å². The van der Waals surface area contributed by atoms with Crippen LogP contribution in [0.1, 0.15) is 25.8 Å². The number of pyridine rings is 1. The Labute approximate surface area is 97.1 Å². The van der Waals surface area contributed by atoms with Crippen LogP contribution in [0.2, 0.25) is 0 Å². The van der Waals surface area contributed by atoms with Crippen LogP contribution in [0, 0.1) is 0 Å². The molecule has 0 saturated carbocycles. The van der Waals surface area contributed by atoms with Crippen LogP contribution in [-0.2, 0) is 6.54 Å². The largest absolute Gasteiger partial charge is 0.396 e. The van der Waals surface area contributed by atoms with E-state index in [9.17, 15) is 0 Å². The lowest BCUT2D eigenvalue weighted by Gasteiger charge is -2.26. The van der Waals surface area contributed by atoms with E-state index in [1.165, 1.54) is 5.56 Å². The van der Waals surface area contributed by atoms with Crippen LogP contribution in [0.4, 0.5) is 5.82 Å². The second kappa shape index (κ2) is 6.45. The lowest BCUT2D eigenvalue weighted by molar-refractivity contribution is 0.185. The van der Waals surface area contributed by atoms with Gasteiger partial charge in [0.2, 0.25) is 0 Å². The highest BCUT2D eigenvalue weighted by Crippen LogP contribution is 2.10. The summed E-state index contributed by atoms with van der Waals surface area (Å²) in [4.78, 5) is 6.28. The molecule has 0 unspecified atom stereocenters. The quantitative estimate of drug-likeness (QED) is 0.762. The van der Waals surface area contributed by atoms with E-state index in [4.69, 9.17) is 10.8 Å². The molecule has 0 aliphatic carbocycles. The van der Waals surface area contributed by atoms with Gasteiger partial charge < -0.3 is 10.8 Å². The zero-order valence-electron chi connectivity index (χ0n) is 10.1. The molecule has 0 bridgehead atoms. The summed E-state index contributed by atoms with van der Waals surface area (Å²) in [6.07, 6.45) is 2.54. The van der Waals surface area contributed by atoms with Crippen LogP contribution in [0.5, 0.6) is 0 Å². The Morgan fingerprint density at radius 1 is 1.50 bits per heavy atom. The summed E-state index contributed by atoms with van der Waals surface area (Å²) < 4.78 is 0. The number of rotatable bonds is 6. The van der Waals surface area contributed by atoms with Gasteiger partial charge in [-0.25, -0.2) is 4.98 Å². The van der Waals surface area contributed by atoms with Crippen molar-refractivity contribution in [2.45, 2.75) is 32.9 Å².